The second-order valence-electron chi connectivity index (χ2n) is 9.35. The highest BCUT2D eigenvalue weighted by Gasteiger charge is 2.26. The van der Waals surface area contributed by atoms with Crippen LogP contribution in [0, 0.1) is 0 Å². The Balaban J connectivity index is 1.71. The van der Waals surface area contributed by atoms with Crippen molar-refractivity contribution in [3.63, 3.8) is 0 Å². The number of anilines is 4. The van der Waals surface area contributed by atoms with Crippen LogP contribution in [-0.4, -0.2) is 68.5 Å². The number of carbonyl (C=O) groups is 2. The van der Waals surface area contributed by atoms with Crippen molar-refractivity contribution in [2.24, 2.45) is 10.2 Å². The van der Waals surface area contributed by atoms with Gasteiger partial charge in [0.15, 0.2) is 12.0 Å². The lowest BCUT2D eigenvalue weighted by Gasteiger charge is -2.15. The number of phenols is 1. The van der Waals surface area contributed by atoms with Crippen LogP contribution in [-0.2, 0) is 20.2 Å². The largest absolute Gasteiger partial charge is 0.505 e. The molecule has 0 fully saturated rings. The molecule has 240 valence electrons. The third kappa shape index (κ3) is 6.94. The SMILES string of the molecule is O=Cc1ccccc1N=Nc1c(S(=O)(=O)O)cc2cc(S(=O)(=O)O)cc(Nc3nc(O)nc(Nc4ccccc4C(=O)O)n3)c2c1O. The summed E-state index contributed by atoms with van der Waals surface area (Å²) >= 11 is 0. The molecule has 0 aliphatic carbocycles. The summed E-state index contributed by atoms with van der Waals surface area (Å²) in [5, 5.41) is 43.0. The molecule has 0 amide bonds. The zero-order chi connectivity index (χ0) is 34.1. The molecule has 5 aromatic rings. The molecule has 0 radical (unpaired) electrons. The number of carbonyl (C=O) groups excluding carboxylic acids is 1. The minimum absolute atomic E-state index is 0.0249. The van der Waals surface area contributed by atoms with E-state index in [9.17, 15) is 50.8 Å². The maximum Gasteiger partial charge on any atom is 0.337 e. The predicted octanol–water partition coefficient (Wildman–Crippen LogP) is 4.34. The first-order chi connectivity index (χ1) is 22.2. The molecule has 5 rings (SSSR count). The van der Waals surface area contributed by atoms with Gasteiger partial charge < -0.3 is 26.0 Å². The highest BCUT2D eigenvalue weighted by Crippen LogP contribution is 2.45. The number of rotatable bonds is 10. The maximum atomic E-state index is 12.3. The molecule has 0 saturated carbocycles. The lowest BCUT2D eigenvalue weighted by Crippen LogP contribution is -2.07. The zero-order valence-corrected chi connectivity index (χ0v) is 24.8. The van der Waals surface area contributed by atoms with E-state index < -0.39 is 65.1 Å². The number of para-hydroxylation sites is 1. The van der Waals surface area contributed by atoms with Crippen molar-refractivity contribution in [1.29, 1.82) is 0 Å². The van der Waals surface area contributed by atoms with Gasteiger partial charge >= 0.3 is 12.0 Å². The van der Waals surface area contributed by atoms with E-state index in [1.165, 1.54) is 48.5 Å². The first kappa shape index (κ1) is 32.3. The van der Waals surface area contributed by atoms with Crippen molar-refractivity contribution < 1.29 is 50.8 Å². The van der Waals surface area contributed by atoms with Crippen molar-refractivity contribution in [2.75, 3.05) is 10.6 Å². The third-order valence-electron chi connectivity index (χ3n) is 6.29. The van der Waals surface area contributed by atoms with E-state index in [1.807, 2.05) is 0 Å². The Morgan fingerprint density at radius 3 is 2.06 bits per heavy atom. The smallest absolute Gasteiger partial charge is 0.337 e. The number of nitrogens with zero attached hydrogens (tertiary/aromatic N) is 5. The summed E-state index contributed by atoms with van der Waals surface area (Å²) in [6.45, 7) is 0. The van der Waals surface area contributed by atoms with Crippen molar-refractivity contribution in [2.45, 2.75) is 9.79 Å². The molecule has 0 aliphatic heterocycles. The number of nitrogens with one attached hydrogen (secondary N) is 2. The van der Waals surface area contributed by atoms with Gasteiger partial charge in [0, 0.05) is 10.9 Å². The maximum absolute atomic E-state index is 12.3. The molecule has 4 aromatic carbocycles. The predicted molar refractivity (Wildman–Crippen MR) is 163 cm³/mol. The highest BCUT2D eigenvalue weighted by molar-refractivity contribution is 7.86. The van der Waals surface area contributed by atoms with E-state index in [0.717, 1.165) is 18.2 Å². The molecular formula is C27H19N7O11S2. The summed E-state index contributed by atoms with van der Waals surface area (Å²) in [7, 11) is -10.2. The van der Waals surface area contributed by atoms with Crippen LogP contribution in [0.3, 0.4) is 0 Å². The minimum Gasteiger partial charge on any atom is -0.505 e. The Morgan fingerprint density at radius 1 is 0.787 bits per heavy atom. The van der Waals surface area contributed by atoms with Crippen LogP contribution in [0.1, 0.15) is 20.7 Å². The quantitative estimate of drug-likeness (QED) is 0.0612. The summed E-state index contributed by atoms with van der Waals surface area (Å²) in [5.74, 6) is -3.16. The lowest BCUT2D eigenvalue weighted by molar-refractivity contribution is 0.0697. The molecule has 1 heterocycles. The fourth-order valence-electron chi connectivity index (χ4n) is 4.28. The number of hydrogen-bond donors (Lipinski definition) is 7. The summed E-state index contributed by atoms with van der Waals surface area (Å²) in [4.78, 5) is 32.6. The van der Waals surface area contributed by atoms with Crippen molar-refractivity contribution in [3.8, 4) is 11.8 Å². The number of azo groups is 1. The normalized spacial score (nSPS) is 11.9. The van der Waals surface area contributed by atoms with Gasteiger partial charge in [0.2, 0.25) is 11.9 Å². The summed E-state index contributed by atoms with van der Waals surface area (Å²) in [6.07, 6.45) is 0.449. The van der Waals surface area contributed by atoms with Crippen LogP contribution in [0.4, 0.5) is 34.6 Å². The number of aromatic hydroxyl groups is 2. The number of aldehydes is 1. The van der Waals surface area contributed by atoms with Crippen LogP contribution in [0.25, 0.3) is 10.8 Å². The molecule has 0 spiro atoms. The second-order valence-corrected chi connectivity index (χ2v) is 12.2. The Morgan fingerprint density at radius 2 is 1.43 bits per heavy atom. The number of aromatic carboxylic acids is 1. The number of phenolic OH excluding ortho intramolecular Hbond substituents is 1. The number of fused-ring (bicyclic) bond motifs is 1. The molecule has 0 bridgehead atoms. The summed E-state index contributed by atoms with van der Waals surface area (Å²) in [6, 6.07) is 12.9. The Hall–Kier alpha value is -6.09. The van der Waals surface area contributed by atoms with Crippen LogP contribution in [0.15, 0.2) is 86.7 Å². The molecule has 47 heavy (non-hydrogen) atoms. The van der Waals surface area contributed by atoms with Crippen LogP contribution in [0.5, 0.6) is 11.8 Å². The van der Waals surface area contributed by atoms with E-state index in [2.05, 4.69) is 35.8 Å². The van der Waals surface area contributed by atoms with Gasteiger partial charge in [-0.25, -0.2) is 4.79 Å². The van der Waals surface area contributed by atoms with Gasteiger partial charge in [-0.1, -0.05) is 24.3 Å². The van der Waals surface area contributed by atoms with Gasteiger partial charge in [-0.2, -0.15) is 31.8 Å². The van der Waals surface area contributed by atoms with Crippen molar-refractivity contribution in [1.82, 2.24) is 15.0 Å². The van der Waals surface area contributed by atoms with Gasteiger partial charge in [0.25, 0.3) is 20.2 Å². The Kier molecular flexibility index (Phi) is 8.50. The van der Waals surface area contributed by atoms with E-state index in [1.54, 1.807) is 0 Å². The molecule has 0 unspecified atom stereocenters. The standard InChI is InChI=1S/C27H19N7O11S2/c35-12-13-5-1-3-7-17(13)33-34-22-20(47(43,44)45)10-14-9-15(46(40,41)42)11-19(21(14)23(22)36)29-26-30-25(31-27(39)32-26)28-18-8-4-2-6-16(18)24(37)38/h1-12,36H,(H,37,38)(H,40,41,42)(H,43,44,45)(H3,28,29,30,31,32,39). The number of carboxylic acids is 1. The molecule has 0 aliphatic rings. The van der Waals surface area contributed by atoms with Gasteiger partial charge in [0.1, 0.15) is 10.6 Å². The Bertz CT molecular complexity index is 2350. The van der Waals surface area contributed by atoms with Gasteiger partial charge in [-0.05, 0) is 47.9 Å². The van der Waals surface area contributed by atoms with E-state index in [-0.39, 0.29) is 39.2 Å². The van der Waals surface area contributed by atoms with Gasteiger partial charge in [-0.3, -0.25) is 13.9 Å². The Labute approximate surface area is 263 Å². The number of hydrogen-bond acceptors (Lipinski definition) is 15. The monoisotopic (exact) mass is 681 g/mol. The van der Waals surface area contributed by atoms with E-state index in [4.69, 9.17) is 0 Å². The molecule has 18 nitrogen and oxygen atoms in total. The average molecular weight is 682 g/mol. The highest BCUT2D eigenvalue weighted by atomic mass is 32.2. The topological polar surface area (TPSA) is 291 Å². The molecule has 0 saturated heterocycles. The molecule has 7 N–H and O–H groups in total. The molecule has 1 aromatic heterocycles. The molecular weight excluding hydrogens is 662 g/mol. The van der Waals surface area contributed by atoms with Crippen LogP contribution in [0.2, 0.25) is 0 Å². The van der Waals surface area contributed by atoms with Crippen LogP contribution < -0.4 is 10.6 Å². The average Bonchev–Trinajstić information content (AvgIpc) is 2.99. The first-order valence-corrected chi connectivity index (χ1v) is 15.6. The fourth-order valence-corrected chi connectivity index (χ4v) is 5.48. The number of carboxylic acid groups (broad SMARTS) is 1. The lowest BCUT2D eigenvalue weighted by atomic mass is 10.1. The number of aromatic nitrogens is 3. The van der Waals surface area contributed by atoms with Crippen molar-refractivity contribution >= 4 is 77.9 Å². The fraction of sp³-hybridized carbons (Fsp3) is 0. The van der Waals surface area contributed by atoms with E-state index >= 15 is 0 Å². The first-order valence-electron chi connectivity index (χ1n) is 12.7. The minimum atomic E-state index is -5.17. The van der Waals surface area contributed by atoms with E-state index in [0.29, 0.717) is 6.29 Å². The zero-order valence-electron chi connectivity index (χ0n) is 23.2. The number of benzene rings is 4. The summed E-state index contributed by atoms with van der Waals surface area (Å²) < 4.78 is 68.7. The van der Waals surface area contributed by atoms with Gasteiger partial charge in [0.05, 0.1) is 27.5 Å². The van der Waals surface area contributed by atoms with Gasteiger partial charge in [-0.15, -0.1) is 10.2 Å². The third-order valence-corrected chi connectivity index (χ3v) is 7.99. The molecule has 20 heteroatoms. The summed E-state index contributed by atoms with van der Waals surface area (Å²) in [5.41, 5.74) is -1.36. The van der Waals surface area contributed by atoms with Crippen LogP contribution >= 0.6 is 0 Å². The molecule has 0 atom stereocenters. The van der Waals surface area contributed by atoms with Crippen molar-refractivity contribution in [3.05, 3.63) is 77.9 Å². The second kappa shape index (κ2) is 12.4.